The number of unbranched alkanes of at least 4 members (excludes halogenated alkanes) is 9. The van der Waals surface area contributed by atoms with Gasteiger partial charge in [0.05, 0.1) is 0 Å². The van der Waals surface area contributed by atoms with Crippen LogP contribution in [0.3, 0.4) is 0 Å². The summed E-state index contributed by atoms with van der Waals surface area (Å²) in [5.74, 6) is 0. The van der Waals surface area contributed by atoms with Gasteiger partial charge in [0.15, 0.2) is 0 Å². The van der Waals surface area contributed by atoms with Gasteiger partial charge in [-0.15, -0.1) is 0 Å². The fraction of sp³-hybridized carbons (Fsp3) is 0.368. The molecule has 1 heteroatoms. The molecule has 0 aliphatic carbocycles. The summed E-state index contributed by atoms with van der Waals surface area (Å²) in [5, 5.41) is 5.77. The zero-order valence-corrected chi connectivity index (χ0v) is 25.4. The van der Waals surface area contributed by atoms with Crippen molar-refractivity contribution in [2.45, 2.75) is 91.4 Å². The molecule has 0 fully saturated rings. The fourth-order valence-corrected chi connectivity index (χ4v) is 10.7. The van der Waals surface area contributed by atoms with Crippen molar-refractivity contribution in [3.8, 4) is 0 Å². The van der Waals surface area contributed by atoms with Crippen LogP contribution in [0, 0.1) is 13.8 Å². The summed E-state index contributed by atoms with van der Waals surface area (Å²) in [6.45, 7) is 7.03. The monoisotopic (exact) mass is 535 g/mol. The zero-order valence-electron chi connectivity index (χ0n) is 24.5. The van der Waals surface area contributed by atoms with E-state index in [9.17, 15) is 0 Å². The van der Waals surface area contributed by atoms with E-state index in [4.69, 9.17) is 0 Å². The van der Waals surface area contributed by atoms with Crippen molar-refractivity contribution in [3.05, 3.63) is 120 Å². The predicted octanol–water partition coefficient (Wildman–Crippen LogP) is 9.39. The van der Waals surface area contributed by atoms with Gasteiger partial charge < -0.3 is 0 Å². The maximum Gasteiger partial charge on any atom is 0.144 e. The average molecular weight is 536 g/mol. The third-order valence-corrected chi connectivity index (χ3v) is 12.9. The van der Waals surface area contributed by atoms with E-state index in [0.29, 0.717) is 0 Å². The summed E-state index contributed by atoms with van der Waals surface area (Å²) in [6.07, 6.45) is 15.1. The first-order valence-corrected chi connectivity index (χ1v) is 17.1. The molecule has 0 nitrogen and oxygen atoms in total. The van der Waals surface area contributed by atoms with Gasteiger partial charge in [-0.3, -0.25) is 0 Å². The summed E-state index contributed by atoms with van der Waals surface area (Å²) in [4.78, 5) is 0. The quantitative estimate of drug-likeness (QED) is 0.105. The molecule has 0 unspecified atom stereocenters. The Morgan fingerprint density at radius 3 is 1.28 bits per heavy atom. The molecule has 0 heterocycles. The molecule has 4 rings (SSSR count). The Labute approximate surface area is 239 Å². The standard InChI is InChI=1S/C38H48P/c1-4-5-6-7-8-9-10-11-12-16-23-34-30-31-38(33(3)32(34)2)39(35-24-17-13-18-25-35,36-26-19-14-20-27-36)37-28-21-15-22-29-37/h13-15,17-22,24-31H,4-12,16,23H2,1-3H3/q+1. The lowest BCUT2D eigenvalue weighted by atomic mass is 9.98. The van der Waals surface area contributed by atoms with E-state index in [-0.39, 0.29) is 0 Å². The van der Waals surface area contributed by atoms with Gasteiger partial charge in [0, 0.05) is 0 Å². The molecule has 0 N–H and O–H groups in total. The molecule has 0 amide bonds. The molecule has 0 saturated heterocycles. The zero-order chi connectivity index (χ0) is 27.3. The maximum absolute atomic E-state index is 2.48. The van der Waals surface area contributed by atoms with Gasteiger partial charge in [-0.05, 0) is 85.8 Å². The van der Waals surface area contributed by atoms with E-state index in [1.165, 1.54) is 109 Å². The SMILES string of the molecule is CCCCCCCCCCCCc1ccc([P+](c2ccccc2)(c2ccccc2)c2ccccc2)c(C)c1C. The number of hydrogen-bond acceptors (Lipinski definition) is 0. The van der Waals surface area contributed by atoms with Crippen molar-refractivity contribution < 1.29 is 0 Å². The van der Waals surface area contributed by atoms with Gasteiger partial charge in [-0.2, -0.15) is 0 Å². The van der Waals surface area contributed by atoms with Gasteiger partial charge >= 0.3 is 0 Å². The molecule has 4 aromatic carbocycles. The minimum absolute atomic E-state index is 1.19. The average Bonchev–Trinajstić information content (AvgIpc) is 2.99. The predicted molar refractivity (Wildman–Crippen MR) is 176 cm³/mol. The largest absolute Gasteiger partial charge is 0.144 e. The molecular weight excluding hydrogens is 487 g/mol. The highest BCUT2D eigenvalue weighted by Crippen LogP contribution is 2.55. The van der Waals surface area contributed by atoms with Crippen molar-refractivity contribution in [2.24, 2.45) is 0 Å². The number of hydrogen-bond donors (Lipinski definition) is 0. The van der Waals surface area contributed by atoms with Crippen LogP contribution in [-0.4, -0.2) is 0 Å². The Morgan fingerprint density at radius 2 is 0.846 bits per heavy atom. The molecule has 204 valence electrons. The Kier molecular flexibility index (Phi) is 11.4. The normalized spacial score (nSPS) is 11.6. The topological polar surface area (TPSA) is 0 Å². The van der Waals surface area contributed by atoms with Crippen LogP contribution in [0.25, 0.3) is 0 Å². The van der Waals surface area contributed by atoms with Gasteiger partial charge in [0.1, 0.15) is 28.5 Å². The Bertz CT molecular complexity index is 1150. The van der Waals surface area contributed by atoms with Crippen LogP contribution >= 0.6 is 7.26 Å². The highest BCUT2D eigenvalue weighted by molar-refractivity contribution is 8.01. The van der Waals surface area contributed by atoms with Crippen LogP contribution in [0.15, 0.2) is 103 Å². The molecule has 4 aromatic rings. The summed E-state index contributed by atoms with van der Waals surface area (Å²) in [5.41, 5.74) is 4.48. The van der Waals surface area contributed by atoms with Crippen LogP contribution in [0.5, 0.6) is 0 Å². The van der Waals surface area contributed by atoms with Crippen LogP contribution in [0.1, 0.15) is 87.8 Å². The first-order valence-electron chi connectivity index (χ1n) is 15.3. The maximum atomic E-state index is 2.48. The second kappa shape index (κ2) is 15.2. The summed E-state index contributed by atoms with van der Waals surface area (Å²) < 4.78 is 0. The van der Waals surface area contributed by atoms with E-state index in [1.807, 2.05) is 0 Å². The van der Waals surface area contributed by atoms with Gasteiger partial charge in [0.25, 0.3) is 0 Å². The van der Waals surface area contributed by atoms with Gasteiger partial charge in [0.2, 0.25) is 0 Å². The van der Waals surface area contributed by atoms with Crippen molar-refractivity contribution in [3.63, 3.8) is 0 Å². The van der Waals surface area contributed by atoms with Crippen molar-refractivity contribution in [1.82, 2.24) is 0 Å². The molecule has 0 bridgehead atoms. The Balaban J connectivity index is 1.59. The van der Waals surface area contributed by atoms with Crippen LogP contribution in [0.4, 0.5) is 0 Å². The van der Waals surface area contributed by atoms with Crippen LogP contribution in [-0.2, 0) is 6.42 Å². The molecule has 0 atom stereocenters. The van der Waals surface area contributed by atoms with Crippen molar-refractivity contribution >= 4 is 28.5 Å². The second-order valence-electron chi connectivity index (χ2n) is 11.1. The van der Waals surface area contributed by atoms with Crippen LogP contribution < -0.4 is 21.2 Å². The van der Waals surface area contributed by atoms with E-state index < -0.39 is 7.26 Å². The highest BCUT2D eigenvalue weighted by atomic mass is 31.2. The smallest absolute Gasteiger partial charge is 0.0654 e. The minimum atomic E-state index is -2.04. The lowest BCUT2D eigenvalue weighted by Gasteiger charge is -2.29. The van der Waals surface area contributed by atoms with E-state index in [1.54, 1.807) is 0 Å². The summed E-state index contributed by atoms with van der Waals surface area (Å²) in [6, 6.07) is 38.7. The van der Waals surface area contributed by atoms with Gasteiger partial charge in [-0.1, -0.05) is 125 Å². The van der Waals surface area contributed by atoms with E-state index in [2.05, 4.69) is 124 Å². The molecular formula is C38H48P+. The van der Waals surface area contributed by atoms with Crippen molar-refractivity contribution in [1.29, 1.82) is 0 Å². The third-order valence-electron chi connectivity index (χ3n) is 8.46. The second-order valence-corrected chi connectivity index (χ2v) is 14.5. The molecule has 0 radical (unpaired) electrons. The number of benzene rings is 4. The third kappa shape index (κ3) is 7.10. The number of rotatable bonds is 15. The summed E-state index contributed by atoms with van der Waals surface area (Å²) >= 11 is 0. The Hall–Kier alpha value is -2.69. The molecule has 0 spiro atoms. The van der Waals surface area contributed by atoms with Crippen LogP contribution in [0.2, 0.25) is 0 Å². The number of aryl methyl sites for hydroxylation is 1. The first-order chi connectivity index (χ1) is 19.2. The van der Waals surface area contributed by atoms with Crippen molar-refractivity contribution in [2.75, 3.05) is 0 Å². The lowest BCUT2D eigenvalue weighted by molar-refractivity contribution is 0.556. The molecule has 0 aliphatic heterocycles. The molecule has 0 aliphatic rings. The Morgan fingerprint density at radius 1 is 0.436 bits per heavy atom. The van der Waals surface area contributed by atoms with E-state index in [0.717, 1.165) is 0 Å². The highest BCUT2D eigenvalue weighted by Gasteiger charge is 2.48. The van der Waals surface area contributed by atoms with Gasteiger partial charge in [-0.25, -0.2) is 0 Å². The fourth-order valence-electron chi connectivity index (χ4n) is 6.12. The van der Waals surface area contributed by atoms with E-state index >= 15 is 0 Å². The minimum Gasteiger partial charge on any atom is -0.0654 e. The summed E-state index contributed by atoms with van der Waals surface area (Å²) in [7, 11) is -2.04. The lowest BCUT2D eigenvalue weighted by Crippen LogP contribution is -2.40. The first kappa shape index (κ1) is 29.3. The molecule has 0 aromatic heterocycles. The molecule has 0 saturated carbocycles. The molecule has 39 heavy (non-hydrogen) atoms.